The van der Waals surface area contributed by atoms with Gasteiger partial charge in [0, 0.05) is 57.8 Å². The third kappa shape index (κ3) is 11.0. The molecule has 9 rings (SSSR count). The van der Waals surface area contributed by atoms with E-state index in [2.05, 4.69) is 15.0 Å². The van der Waals surface area contributed by atoms with Gasteiger partial charge in [-0.1, -0.05) is 31.2 Å². The molecule has 3 fully saturated rings. The number of alkyl halides is 8. The maximum atomic E-state index is 18.1. The van der Waals surface area contributed by atoms with E-state index in [0.29, 0.717) is 35.7 Å². The molecule has 4 atom stereocenters. The molecule has 0 N–H and O–H groups in total. The van der Waals surface area contributed by atoms with Gasteiger partial charge < -0.3 is 43.1 Å². The van der Waals surface area contributed by atoms with Crippen molar-refractivity contribution < 1.29 is 77.1 Å². The van der Waals surface area contributed by atoms with Gasteiger partial charge in [-0.25, -0.2) is 27.3 Å². The normalized spacial score (nSPS) is 21.5. The summed E-state index contributed by atoms with van der Waals surface area (Å²) >= 11 is 0. The summed E-state index contributed by atoms with van der Waals surface area (Å²) in [6.07, 6.45) is -15.4. The van der Waals surface area contributed by atoms with Crippen LogP contribution in [0.3, 0.4) is 0 Å². The Balaban J connectivity index is 1.26. The fraction of sp³-hybridized carbons (Fsp3) is 0.509. The smallest absolute Gasteiger partial charge is 0.427 e. The summed E-state index contributed by atoms with van der Waals surface area (Å²) in [5.74, 6) is -6.84. The van der Waals surface area contributed by atoms with Crippen molar-refractivity contribution in [1.82, 2.24) is 24.8 Å². The molecule has 14 nitrogen and oxygen atoms in total. The number of nitrogens with zero attached hydrogens (tertiary/aromatic N) is 7. The highest BCUT2D eigenvalue weighted by atomic mass is 19.4. The first-order chi connectivity index (χ1) is 36.3. The first kappa shape index (κ1) is 55.2. The number of hydrogen-bond donors (Lipinski definition) is 0. The van der Waals surface area contributed by atoms with Crippen molar-refractivity contribution in [3.05, 3.63) is 88.5 Å². The van der Waals surface area contributed by atoms with Crippen LogP contribution in [-0.2, 0) is 28.7 Å². The van der Waals surface area contributed by atoms with Crippen LogP contribution in [-0.4, -0.2) is 133 Å². The Kier molecular flexibility index (Phi) is 14.8. The number of benzene rings is 3. The molecule has 77 heavy (non-hydrogen) atoms. The molecule has 4 aliphatic rings. The fourth-order valence-electron chi connectivity index (χ4n) is 10.5. The molecule has 0 spiro atoms. The Labute approximate surface area is 437 Å². The third-order valence-corrected chi connectivity index (χ3v) is 14.4. The third-order valence-electron chi connectivity index (χ3n) is 14.4. The van der Waals surface area contributed by atoms with Crippen LogP contribution in [0.25, 0.3) is 22.2 Å². The van der Waals surface area contributed by atoms with E-state index in [1.807, 2.05) is 0 Å². The van der Waals surface area contributed by atoms with Crippen LogP contribution in [0.4, 0.5) is 60.2 Å². The Morgan fingerprint density at radius 1 is 0.844 bits per heavy atom. The minimum Gasteiger partial charge on any atom is -0.497 e. The molecular formula is C53H57F10N7O7. The fourth-order valence-corrected chi connectivity index (χ4v) is 10.5. The number of methoxy groups -OCH3 is 2. The van der Waals surface area contributed by atoms with Gasteiger partial charge in [-0.05, 0) is 81.1 Å². The van der Waals surface area contributed by atoms with Gasteiger partial charge in [-0.15, -0.1) is 0 Å². The van der Waals surface area contributed by atoms with Gasteiger partial charge in [0.15, 0.2) is 5.82 Å². The van der Waals surface area contributed by atoms with Gasteiger partial charge in [0.25, 0.3) is 5.92 Å². The number of fused-ring (bicyclic) bond motifs is 2. The van der Waals surface area contributed by atoms with Crippen molar-refractivity contribution in [2.24, 2.45) is 5.41 Å². The van der Waals surface area contributed by atoms with Crippen LogP contribution < -0.4 is 28.7 Å². The summed E-state index contributed by atoms with van der Waals surface area (Å²) in [6, 6.07) is 9.72. The summed E-state index contributed by atoms with van der Waals surface area (Å²) < 4.78 is 194. The molecule has 5 heterocycles. The molecule has 1 saturated carbocycles. The van der Waals surface area contributed by atoms with Gasteiger partial charge in [-0.2, -0.15) is 36.3 Å². The van der Waals surface area contributed by atoms with Gasteiger partial charge >= 0.3 is 24.5 Å². The van der Waals surface area contributed by atoms with E-state index in [1.54, 1.807) is 74.2 Å². The average molecular weight is 1090 g/mol. The van der Waals surface area contributed by atoms with E-state index in [0.717, 1.165) is 22.8 Å². The largest absolute Gasteiger partial charge is 0.497 e. The van der Waals surface area contributed by atoms with Crippen molar-refractivity contribution in [1.29, 1.82) is 0 Å². The van der Waals surface area contributed by atoms with Gasteiger partial charge in [0.05, 0.1) is 56.2 Å². The molecular weight excluding hydrogens is 1040 g/mol. The van der Waals surface area contributed by atoms with Crippen LogP contribution in [0.2, 0.25) is 0 Å². The minimum absolute atomic E-state index is 0.146. The van der Waals surface area contributed by atoms with Gasteiger partial charge in [0.1, 0.15) is 51.9 Å². The molecule has 2 aromatic heterocycles. The number of aromatic nitrogens is 3. The molecule has 1 unspecified atom stereocenters. The summed E-state index contributed by atoms with van der Waals surface area (Å²) in [6.45, 7) is 6.37. The highest BCUT2D eigenvalue weighted by Gasteiger charge is 2.72. The number of amides is 1. The highest BCUT2D eigenvalue weighted by Crippen LogP contribution is 2.61. The number of morpholine rings is 1. The number of rotatable bonds is 14. The van der Waals surface area contributed by atoms with E-state index in [-0.39, 0.29) is 45.8 Å². The average Bonchev–Trinajstić information content (AvgIpc) is 4.15. The van der Waals surface area contributed by atoms with Crippen molar-refractivity contribution in [3.63, 3.8) is 0 Å². The van der Waals surface area contributed by atoms with Crippen molar-refractivity contribution in [3.8, 4) is 34.6 Å². The van der Waals surface area contributed by atoms with E-state index in [1.165, 1.54) is 26.0 Å². The summed E-state index contributed by atoms with van der Waals surface area (Å²) in [7, 11) is 2.89. The van der Waals surface area contributed by atoms with Crippen molar-refractivity contribution in [2.75, 3.05) is 76.6 Å². The number of ether oxygens (including phenoxy) is 6. The number of anilines is 2. The quantitative estimate of drug-likeness (QED) is 0.0981. The standard InChI is InChI=1S/C53H57F10N7O7/c1-8-35-43-44(53(61,62)63)76-46-37-42(65-47(66-45(37)70(43)18-17-69(35)48(71)77-49(3,4)5)75-28-50(26-51(50,56)57)27-67-19-21-74-22-20-67)40(55)41(64-46)34-23-36(39(54)29(2)38(34)52(58,59)60)68(24-30-9-13-32(72-6)14-10-30)25-31-11-15-33(73-7)16-12-31/h9-16,23,35,43-44H,8,17-22,24-28H2,1-7H3/t35-,43-,44+,50?/m0/s1. The molecule has 0 radical (unpaired) electrons. The number of hydrogen-bond acceptors (Lipinski definition) is 13. The molecule has 5 aromatic rings. The van der Waals surface area contributed by atoms with Crippen LogP contribution in [0, 0.1) is 24.0 Å². The molecule has 416 valence electrons. The SMILES string of the molecule is CC[C@H]1[C@H]2[C@H](C(F)(F)F)Oc3nc(-c4cc(N(Cc5ccc(OC)cc5)Cc5ccc(OC)cc5)c(F)c(C)c4C(F)(F)F)c(F)c4nc(OCC5(CN6CCOCC6)CC5(F)F)nc(c34)N2CCN1C(=O)OC(C)(C)C. The van der Waals surface area contributed by atoms with Crippen LogP contribution in [0.1, 0.15) is 62.8 Å². The topological polar surface area (TPSA) is 124 Å². The molecule has 3 aliphatic heterocycles. The lowest BCUT2D eigenvalue weighted by Crippen LogP contribution is -2.68. The first-order valence-corrected chi connectivity index (χ1v) is 24.9. The van der Waals surface area contributed by atoms with Crippen molar-refractivity contribution >= 4 is 28.5 Å². The van der Waals surface area contributed by atoms with E-state index >= 15 is 43.9 Å². The van der Waals surface area contributed by atoms with E-state index < -0.39 is 141 Å². The molecule has 1 aliphatic carbocycles. The maximum absolute atomic E-state index is 18.1. The zero-order chi connectivity index (χ0) is 55.6. The Bertz CT molecular complexity index is 2940. The number of piperazine rings is 1. The minimum atomic E-state index is -5.45. The predicted octanol–water partition coefficient (Wildman–Crippen LogP) is 10.8. The van der Waals surface area contributed by atoms with Crippen LogP contribution >= 0.6 is 0 Å². The van der Waals surface area contributed by atoms with Gasteiger partial charge in [-0.3, -0.25) is 4.90 Å². The molecule has 0 bridgehead atoms. The monoisotopic (exact) mass is 1090 g/mol. The van der Waals surface area contributed by atoms with Crippen LogP contribution in [0.5, 0.6) is 23.4 Å². The first-order valence-electron chi connectivity index (χ1n) is 24.9. The number of carbonyl (C=O) groups excluding carboxylic acids is 1. The molecule has 2 saturated heterocycles. The number of halogens is 10. The zero-order valence-electron chi connectivity index (χ0n) is 43.2. The molecule has 3 aromatic carbocycles. The Hall–Kier alpha value is -6.56. The number of pyridine rings is 1. The number of carbonyl (C=O) groups is 1. The second-order valence-corrected chi connectivity index (χ2v) is 20.7. The molecule has 24 heteroatoms. The van der Waals surface area contributed by atoms with E-state index in [9.17, 15) is 4.79 Å². The predicted molar refractivity (Wildman–Crippen MR) is 262 cm³/mol. The van der Waals surface area contributed by atoms with Crippen LogP contribution in [0.15, 0.2) is 54.6 Å². The second-order valence-electron chi connectivity index (χ2n) is 20.7. The van der Waals surface area contributed by atoms with Gasteiger partial charge in [0.2, 0.25) is 12.0 Å². The lowest BCUT2D eigenvalue weighted by molar-refractivity contribution is -0.206. The zero-order valence-corrected chi connectivity index (χ0v) is 43.2. The highest BCUT2D eigenvalue weighted by molar-refractivity contribution is 5.98. The lowest BCUT2D eigenvalue weighted by atomic mass is 9.93. The summed E-state index contributed by atoms with van der Waals surface area (Å²) in [4.78, 5) is 32.0. The maximum Gasteiger partial charge on any atom is 0.427 e. The molecule has 1 amide bonds. The Morgan fingerprint density at radius 3 is 1.96 bits per heavy atom. The lowest BCUT2D eigenvalue weighted by Gasteiger charge is -2.49. The summed E-state index contributed by atoms with van der Waals surface area (Å²) in [5, 5.41) is -0.621. The summed E-state index contributed by atoms with van der Waals surface area (Å²) in [5.41, 5.74) is -8.29. The van der Waals surface area contributed by atoms with E-state index in [4.69, 9.17) is 28.4 Å². The van der Waals surface area contributed by atoms with Crippen molar-refractivity contribution in [2.45, 2.75) is 103 Å². The Morgan fingerprint density at radius 2 is 1.44 bits per heavy atom. The second kappa shape index (κ2) is 20.7.